The number of hydrogen-bond acceptors (Lipinski definition) is 4. The van der Waals surface area contributed by atoms with Crippen LogP contribution in [-0.2, 0) is 4.74 Å². The summed E-state index contributed by atoms with van der Waals surface area (Å²) in [5.74, 6) is 2.30. The van der Waals surface area contributed by atoms with E-state index in [0.29, 0.717) is 24.1 Å². The fourth-order valence-electron chi connectivity index (χ4n) is 8.72. The van der Waals surface area contributed by atoms with Gasteiger partial charge in [0.25, 0.3) is 0 Å². The smallest absolute Gasteiger partial charge is 0.404 e. The van der Waals surface area contributed by atoms with E-state index in [0.717, 1.165) is 43.6 Å². The van der Waals surface area contributed by atoms with Gasteiger partial charge in [-0.25, -0.2) is 14.0 Å². The molecule has 4 bridgehead atoms. The van der Waals surface area contributed by atoms with Gasteiger partial charge < -0.3 is 30.7 Å². The number of nitrogens with zero attached hydrogens (tertiary/aromatic N) is 1. The third kappa shape index (κ3) is 7.04. The van der Waals surface area contributed by atoms with Crippen LogP contribution in [0.3, 0.4) is 0 Å². The number of amides is 3. The first-order valence-corrected chi connectivity index (χ1v) is 14.9. The van der Waals surface area contributed by atoms with Gasteiger partial charge in [0.05, 0.1) is 12.7 Å². The third-order valence-electron chi connectivity index (χ3n) is 9.65. The van der Waals surface area contributed by atoms with Gasteiger partial charge in [-0.3, -0.25) is 0 Å². The topological polar surface area (TPSA) is 103 Å². The molecule has 1 aromatic rings. The van der Waals surface area contributed by atoms with Crippen LogP contribution in [0.15, 0.2) is 24.3 Å². The predicted octanol–water partition coefficient (Wildman–Crippen LogP) is 4.77. The quantitative estimate of drug-likeness (QED) is 0.301. The molecule has 0 radical (unpaired) electrons. The largest absolute Gasteiger partial charge is 0.465 e. The number of likely N-dealkylation sites (N-methyl/N-ethyl adjacent to an activating group) is 1. The summed E-state index contributed by atoms with van der Waals surface area (Å²) in [6, 6.07) is 6.44. The summed E-state index contributed by atoms with van der Waals surface area (Å²) in [6.45, 7) is 2.28. The monoisotopic (exact) mass is 544 g/mol. The molecule has 3 atom stereocenters. The summed E-state index contributed by atoms with van der Waals surface area (Å²) in [7, 11) is 1.95. The minimum atomic E-state index is -1.11. The van der Waals surface area contributed by atoms with E-state index in [1.54, 1.807) is 6.07 Å². The molecule has 3 amide bonds. The molecule has 3 unspecified atom stereocenters. The molecule has 1 aliphatic heterocycles. The maximum atomic E-state index is 14.1. The van der Waals surface area contributed by atoms with Gasteiger partial charge in [0.15, 0.2) is 0 Å². The van der Waals surface area contributed by atoms with E-state index >= 15 is 0 Å². The SMILES string of the molecule is CNCC(CC12CC3CC(CC(C3)C1)C2)NC(=O)N1CCCC(C(OCCNC(=O)O)c2cccc(F)c2)C1. The highest BCUT2D eigenvalue weighted by Gasteiger charge is 2.51. The lowest BCUT2D eigenvalue weighted by Gasteiger charge is -2.57. The summed E-state index contributed by atoms with van der Waals surface area (Å²) in [5, 5.41) is 17.9. The van der Waals surface area contributed by atoms with Gasteiger partial charge in [0, 0.05) is 38.1 Å². The normalized spacial score (nSPS) is 31.1. The van der Waals surface area contributed by atoms with E-state index in [4.69, 9.17) is 9.84 Å². The van der Waals surface area contributed by atoms with E-state index in [-0.39, 0.29) is 37.0 Å². The Balaban J connectivity index is 1.22. The maximum absolute atomic E-state index is 14.1. The molecule has 4 N–H and O–H groups in total. The Morgan fingerprint density at radius 3 is 2.54 bits per heavy atom. The zero-order chi connectivity index (χ0) is 27.4. The van der Waals surface area contributed by atoms with Gasteiger partial charge in [-0.15, -0.1) is 0 Å². The van der Waals surface area contributed by atoms with E-state index < -0.39 is 12.2 Å². The van der Waals surface area contributed by atoms with Crippen molar-refractivity contribution in [3.63, 3.8) is 0 Å². The molecule has 1 aromatic carbocycles. The fourth-order valence-corrected chi connectivity index (χ4v) is 8.72. The molecule has 0 aromatic heterocycles. The van der Waals surface area contributed by atoms with Gasteiger partial charge in [-0.2, -0.15) is 0 Å². The van der Waals surface area contributed by atoms with Crippen molar-refractivity contribution in [2.24, 2.45) is 29.1 Å². The number of carbonyl (C=O) groups excluding carboxylic acids is 1. The lowest BCUT2D eigenvalue weighted by atomic mass is 9.48. The molecule has 1 heterocycles. The molecule has 4 aliphatic carbocycles. The molecule has 9 heteroatoms. The van der Waals surface area contributed by atoms with Crippen molar-refractivity contribution in [2.75, 3.05) is 39.8 Å². The van der Waals surface area contributed by atoms with Gasteiger partial charge in [0.1, 0.15) is 5.82 Å². The van der Waals surface area contributed by atoms with Crippen molar-refractivity contribution < 1.29 is 23.8 Å². The van der Waals surface area contributed by atoms with E-state index in [9.17, 15) is 14.0 Å². The van der Waals surface area contributed by atoms with Crippen LogP contribution >= 0.6 is 0 Å². The summed E-state index contributed by atoms with van der Waals surface area (Å²) in [4.78, 5) is 26.3. The van der Waals surface area contributed by atoms with Gasteiger partial charge >= 0.3 is 12.1 Å². The molecule has 6 rings (SSSR count). The van der Waals surface area contributed by atoms with Crippen LogP contribution in [0.4, 0.5) is 14.0 Å². The highest BCUT2D eigenvalue weighted by Crippen LogP contribution is 2.61. The summed E-state index contributed by atoms with van der Waals surface area (Å²) in [6.07, 6.45) is 9.43. The minimum Gasteiger partial charge on any atom is -0.465 e. The standard InChI is InChI=1S/C30H45FN4O4/c1-32-18-26(17-30-14-20-10-21(15-30)12-22(11-20)16-30)34-28(36)35-8-3-5-24(19-35)27(39-9-7-33-29(37)38)23-4-2-6-25(31)13-23/h2,4,6,13,20-22,24,26-27,32-33H,3,5,7-12,14-19H2,1H3,(H,34,36)(H,37,38). The van der Waals surface area contributed by atoms with Crippen molar-refractivity contribution in [3.8, 4) is 0 Å². The van der Waals surface area contributed by atoms with Crippen LogP contribution in [0.25, 0.3) is 0 Å². The van der Waals surface area contributed by atoms with Crippen LogP contribution < -0.4 is 16.0 Å². The summed E-state index contributed by atoms with van der Waals surface area (Å²) < 4.78 is 20.2. The Morgan fingerprint density at radius 2 is 1.90 bits per heavy atom. The number of nitrogens with one attached hydrogen (secondary N) is 3. The Morgan fingerprint density at radius 1 is 1.18 bits per heavy atom. The van der Waals surface area contributed by atoms with E-state index in [2.05, 4.69) is 16.0 Å². The molecular weight excluding hydrogens is 499 g/mol. The second-order valence-corrected chi connectivity index (χ2v) is 12.8. The second-order valence-electron chi connectivity index (χ2n) is 12.8. The van der Waals surface area contributed by atoms with Crippen molar-refractivity contribution in [1.29, 1.82) is 0 Å². The molecule has 8 nitrogen and oxygen atoms in total. The zero-order valence-corrected chi connectivity index (χ0v) is 23.2. The van der Waals surface area contributed by atoms with Crippen LogP contribution in [0.5, 0.6) is 0 Å². The Bertz CT molecular complexity index is 972. The lowest BCUT2D eigenvalue weighted by molar-refractivity contribution is -0.0615. The van der Waals surface area contributed by atoms with Gasteiger partial charge in [-0.05, 0) is 106 Å². The van der Waals surface area contributed by atoms with E-state index in [1.165, 1.54) is 50.7 Å². The van der Waals surface area contributed by atoms with Crippen molar-refractivity contribution in [3.05, 3.63) is 35.6 Å². The van der Waals surface area contributed by atoms with Crippen LogP contribution in [-0.4, -0.2) is 68.0 Å². The molecule has 216 valence electrons. The number of hydrogen-bond donors (Lipinski definition) is 4. The highest BCUT2D eigenvalue weighted by atomic mass is 19.1. The number of urea groups is 1. The van der Waals surface area contributed by atoms with Crippen molar-refractivity contribution in [1.82, 2.24) is 20.9 Å². The Kier molecular flexibility index (Phi) is 8.96. The number of ether oxygens (including phenoxy) is 1. The summed E-state index contributed by atoms with van der Waals surface area (Å²) >= 11 is 0. The fraction of sp³-hybridized carbons (Fsp3) is 0.733. The third-order valence-corrected chi connectivity index (χ3v) is 9.65. The second kappa shape index (κ2) is 12.4. The number of likely N-dealkylation sites (tertiary alicyclic amines) is 1. The Hall–Kier alpha value is -2.39. The molecule has 0 spiro atoms. The minimum absolute atomic E-state index is 0.0120. The first kappa shape index (κ1) is 28.1. The van der Waals surface area contributed by atoms with Crippen LogP contribution in [0, 0.1) is 34.9 Å². The molecule has 5 fully saturated rings. The van der Waals surface area contributed by atoms with Crippen molar-refractivity contribution in [2.45, 2.75) is 69.9 Å². The number of piperidine rings is 1. The first-order valence-electron chi connectivity index (χ1n) is 14.9. The molecule has 39 heavy (non-hydrogen) atoms. The number of carbonyl (C=O) groups is 2. The first-order chi connectivity index (χ1) is 18.8. The highest BCUT2D eigenvalue weighted by molar-refractivity contribution is 5.74. The predicted molar refractivity (Wildman–Crippen MR) is 147 cm³/mol. The van der Waals surface area contributed by atoms with Crippen LogP contribution in [0.1, 0.15) is 69.5 Å². The summed E-state index contributed by atoms with van der Waals surface area (Å²) in [5.41, 5.74) is 1.10. The average Bonchev–Trinajstić information content (AvgIpc) is 2.87. The average molecular weight is 545 g/mol. The number of benzene rings is 1. The molecular formula is C30H45FN4O4. The van der Waals surface area contributed by atoms with Gasteiger partial charge in [-0.1, -0.05) is 12.1 Å². The molecule has 1 saturated heterocycles. The van der Waals surface area contributed by atoms with E-state index in [1.807, 2.05) is 18.0 Å². The zero-order valence-electron chi connectivity index (χ0n) is 23.2. The maximum Gasteiger partial charge on any atom is 0.404 e. The Labute approximate surface area is 231 Å². The number of rotatable bonds is 11. The molecule has 4 saturated carbocycles. The van der Waals surface area contributed by atoms with Gasteiger partial charge in [0.2, 0.25) is 0 Å². The number of carboxylic acid groups (broad SMARTS) is 1. The van der Waals surface area contributed by atoms with Crippen LogP contribution in [0.2, 0.25) is 0 Å². The van der Waals surface area contributed by atoms with Crippen molar-refractivity contribution >= 4 is 12.1 Å². The molecule has 5 aliphatic rings. The number of halogens is 1. The lowest BCUT2D eigenvalue weighted by Crippen LogP contribution is -2.54.